The molecule has 0 saturated carbocycles. The second-order valence-electron chi connectivity index (χ2n) is 5.00. The summed E-state index contributed by atoms with van der Waals surface area (Å²) in [6.07, 6.45) is 2.69. The maximum absolute atomic E-state index is 3.55. The van der Waals surface area contributed by atoms with Crippen LogP contribution in [0.5, 0.6) is 0 Å². The standard InChI is InChI=1S/C14H21N3.ClH/c1-2-10-17(9-1)13-5-3-12(4-6-13)14-11-15-7-8-16-14;/h3-6,14-16H,1-2,7-11H2;1H/t14-;/m0./s1. The van der Waals surface area contributed by atoms with Crippen molar-refractivity contribution in [2.45, 2.75) is 18.9 Å². The van der Waals surface area contributed by atoms with Crippen LogP contribution >= 0.6 is 12.4 Å². The Morgan fingerprint density at radius 2 is 1.72 bits per heavy atom. The number of piperazine rings is 1. The fraction of sp³-hybridized carbons (Fsp3) is 0.571. The minimum absolute atomic E-state index is 0. The van der Waals surface area contributed by atoms with Crippen molar-refractivity contribution in [3.63, 3.8) is 0 Å². The van der Waals surface area contributed by atoms with E-state index in [2.05, 4.69) is 39.8 Å². The summed E-state index contributed by atoms with van der Waals surface area (Å²) < 4.78 is 0. The van der Waals surface area contributed by atoms with Crippen LogP contribution in [-0.4, -0.2) is 32.7 Å². The summed E-state index contributed by atoms with van der Waals surface area (Å²) in [4.78, 5) is 2.48. The van der Waals surface area contributed by atoms with E-state index in [0.29, 0.717) is 6.04 Å². The number of hydrogen-bond acceptors (Lipinski definition) is 3. The van der Waals surface area contributed by atoms with Gasteiger partial charge in [0.25, 0.3) is 0 Å². The molecular weight excluding hydrogens is 246 g/mol. The summed E-state index contributed by atoms with van der Waals surface area (Å²) in [6, 6.07) is 9.58. The topological polar surface area (TPSA) is 27.3 Å². The van der Waals surface area contributed by atoms with Gasteiger partial charge in [0, 0.05) is 44.5 Å². The van der Waals surface area contributed by atoms with E-state index in [9.17, 15) is 0 Å². The number of benzene rings is 1. The molecule has 0 amide bonds. The zero-order chi connectivity index (χ0) is 11.5. The molecular formula is C14H22ClN3. The van der Waals surface area contributed by atoms with E-state index in [1.807, 2.05) is 0 Å². The van der Waals surface area contributed by atoms with Crippen LogP contribution in [0.3, 0.4) is 0 Å². The Balaban J connectivity index is 0.00000120. The van der Waals surface area contributed by atoms with Gasteiger partial charge in [-0.05, 0) is 30.5 Å². The molecule has 2 saturated heterocycles. The van der Waals surface area contributed by atoms with E-state index in [-0.39, 0.29) is 12.4 Å². The zero-order valence-electron chi connectivity index (χ0n) is 10.7. The van der Waals surface area contributed by atoms with E-state index >= 15 is 0 Å². The largest absolute Gasteiger partial charge is 0.372 e. The molecule has 2 N–H and O–H groups in total. The first-order valence-corrected chi connectivity index (χ1v) is 6.72. The Bertz CT molecular complexity index is 354. The van der Waals surface area contributed by atoms with Crippen LogP contribution in [0.15, 0.2) is 24.3 Å². The van der Waals surface area contributed by atoms with Gasteiger partial charge in [0.1, 0.15) is 0 Å². The van der Waals surface area contributed by atoms with Crippen molar-refractivity contribution in [2.75, 3.05) is 37.6 Å². The minimum atomic E-state index is 0. The Labute approximate surface area is 115 Å². The van der Waals surface area contributed by atoms with Crippen LogP contribution in [0.2, 0.25) is 0 Å². The van der Waals surface area contributed by atoms with Crippen LogP contribution < -0.4 is 15.5 Å². The van der Waals surface area contributed by atoms with Gasteiger partial charge < -0.3 is 15.5 Å². The highest BCUT2D eigenvalue weighted by molar-refractivity contribution is 5.85. The number of halogens is 1. The van der Waals surface area contributed by atoms with E-state index in [1.165, 1.54) is 37.2 Å². The molecule has 2 aliphatic heterocycles. The Morgan fingerprint density at radius 3 is 2.33 bits per heavy atom. The SMILES string of the molecule is Cl.c1cc(N2CCCC2)ccc1[C@@H]1CNCCN1. The summed E-state index contributed by atoms with van der Waals surface area (Å²) in [7, 11) is 0. The molecule has 100 valence electrons. The van der Waals surface area contributed by atoms with Crippen LogP contribution in [0, 0.1) is 0 Å². The van der Waals surface area contributed by atoms with Crippen molar-refractivity contribution in [1.29, 1.82) is 0 Å². The van der Waals surface area contributed by atoms with Crippen LogP contribution in [-0.2, 0) is 0 Å². The fourth-order valence-corrected chi connectivity index (χ4v) is 2.78. The number of anilines is 1. The minimum Gasteiger partial charge on any atom is -0.372 e. The monoisotopic (exact) mass is 267 g/mol. The molecule has 1 aromatic rings. The molecule has 2 aliphatic rings. The highest BCUT2D eigenvalue weighted by Crippen LogP contribution is 2.22. The number of hydrogen-bond donors (Lipinski definition) is 2. The fourth-order valence-electron chi connectivity index (χ4n) is 2.78. The third kappa shape index (κ3) is 2.97. The number of nitrogens with one attached hydrogen (secondary N) is 2. The maximum Gasteiger partial charge on any atom is 0.0447 e. The average molecular weight is 268 g/mol. The molecule has 2 heterocycles. The summed E-state index contributed by atoms with van der Waals surface area (Å²) in [5, 5.41) is 6.98. The number of rotatable bonds is 2. The second-order valence-corrected chi connectivity index (χ2v) is 5.00. The van der Waals surface area contributed by atoms with Gasteiger partial charge in [-0.2, -0.15) is 0 Å². The lowest BCUT2D eigenvalue weighted by Crippen LogP contribution is -2.42. The lowest BCUT2D eigenvalue weighted by molar-refractivity contribution is 0.430. The molecule has 4 heteroatoms. The van der Waals surface area contributed by atoms with Crippen LogP contribution in [0.25, 0.3) is 0 Å². The summed E-state index contributed by atoms with van der Waals surface area (Å²) in [5.41, 5.74) is 2.79. The van der Waals surface area contributed by atoms with Gasteiger partial charge in [0.05, 0.1) is 0 Å². The predicted octanol–water partition coefficient (Wildman–Crippen LogP) is 1.94. The first-order chi connectivity index (χ1) is 8.43. The Morgan fingerprint density at radius 1 is 1.00 bits per heavy atom. The summed E-state index contributed by atoms with van der Waals surface area (Å²) in [6.45, 7) is 5.65. The molecule has 2 fully saturated rings. The first kappa shape index (κ1) is 13.7. The third-order valence-electron chi connectivity index (χ3n) is 3.81. The Hall–Kier alpha value is -0.770. The molecule has 1 atom stereocenters. The average Bonchev–Trinajstić information content (AvgIpc) is 2.94. The van der Waals surface area contributed by atoms with Gasteiger partial charge in [-0.1, -0.05) is 12.1 Å². The molecule has 0 radical (unpaired) electrons. The molecule has 3 rings (SSSR count). The van der Waals surface area contributed by atoms with E-state index in [4.69, 9.17) is 0 Å². The number of nitrogens with zero attached hydrogens (tertiary/aromatic N) is 1. The van der Waals surface area contributed by atoms with Crippen molar-refractivity contribution in [3.8, 4) is 0 Å². The molecule has 0 spiro atoms. The van der Waals surface area contributed by atoms with Crippen molar-refractivity contribution in [3.05, 3.63) is 29.8 Å². The third-order valence-corrected chi connectivity index (χ3v) is 3.81. The zero-order valence-corrected chi connectivity index (χ0v) is 11.5. The lowest BCUT2D eigenvalue weighted by atomic mass is 10.0. The predicted molar refractivity (Wildman–Crippen MR) is 78.8 cm³/mol. The van der Waals surface area contributed by atoms with Gasteiger partial charge in [0.2, 0.25) is 0 Å². The molecule has 3 nitrogen and oxygen atoms in total. The maximum atomic E-state index is 3.55. The molecule has 0 unspecified atom stereocenters. The van der Waals surface area contributed by atoms with Crippen molar-refractivity contribution in [1.82, 2.24) is 10.6 Å². The summed E-state index contributed by atoms with van der Waals surface area (Å²) >= 11 is 0. The Kier molecular flexibility index (Phi) is 4.87. The molecule has 0 aliphatic carbocycles. The highest BCUT2D eigenvalue weighted by atomic mass is 35.5. The highest BCUT2D eigenvalue weighted by Gasteiger charge is 2.15. The van der Waals surface area contributed by atoms with Crippen molar-refractivity contribution in [2.24, 2.45) is 0 Å². The molecule has 1 aromatic carbocycles. The second kappa shape index (κ2) is 6.41. The van der Waals surface area contributed by atoms with E-state index in [0.717, 1.165) is 19.6 Å². The van der Waals surface area contributed by atoms with Gasteiger partial charge in [-0.15, -0.1) is 12.4 Å². The van der Waals surface area contributed by atoms with Crippen LogP contribution in [0.1, 0.15) is 24.4 Å². The summed E-state index contributed by atoms with van der Waals surface area (Å²) in [5.74, 6) is 0. The van der Waals surface area contributed by atoms with E-state index < -0.39 is 0 Å². The normalized spacial score (nSPS) is 23.8. The smallest absolute Gasteiger partial charge is 0.0447 e. The van der Waals surface area contributed by atoms with E-state index in [1.54, 1.807) is 0 Å². The first-order valence-electron chi connectivity index (χ1n) is 6.72. The van der Waals surface area contributed by atoms with Gasteiger partial charge in [0.15, 0.2) is 0 Å². The molecule has 0 aromatic heterocycles. The van der Waals surface area contributed by atoms with Gasteiger partial charge in [-0.3, -0.25) is 0 Å². The van der Waals surface area contributed by atoms with Gasteiger partial charge in [-0.25, -0.2) is 0 Å². The lowest BCUT2D eigenvalue weighted by Gasteiger charge is -2.25. The molecule has 18 heavy (non-hydrogen) atoms. The van der Waals surface area contributed by atoms with Gasteiger partial charge >= 0.3 is 0 Å². The van der Waals surface area contributed by atoms with Crippen molar-refractivity contribution < 1.29 is 0 Å². The van der Waals surface area contributed by atoms with Crippen molar-refractivity contribution >= 4 is 18.1 Å². The van der Waals surface area contributed by atoms with Crippen LogP contribution in [0.4, 0.5) is 5.69 Å². The quantitative estimate of drug-likeness (QED) is 0.858. The molecule has 0 bridgehead atoms.